The molecule has 1 aromatic heterocycles. The summed E-state index contributed by atoms with van der Waals surface area (Å²) in [5.74, 6) is 0.567. The Hall–Kier alpha value is -2.74. The van der Waals surface area contributed by atoms with Gasteiger partial charge in [-0.05, 0) is 61.9 Å². The molecule has 27 heavy (non-hydrogen) atoms. The first-order valence-corrected chi connectivity index (χ1v) is 10.3. The third kappa shape index (κ3) is 2.19. The Morgan fingerprint density at radius 2 is 1.85 bits per heavy atom. The Morgan fingerprint density at radius 3 is 2.78 bits per heavy atom. The molecule has 0 saturated heterocycles. The van der Waals surface area contributed by atoms with Gasteiger partial charge in [0.25, 0.3) is 0 Å². The molecule has 2 heteroatoms. The van der Waals surface area contributed by atoms with E-state index in [1.54, 1.807) is 5.56 Å². The number of fused-ring (bicyclic) bond motifs is 7. The highest BCUT2D eigenvalue weighted by Gasteiger charge is 2.40. The number of anilines is 1. The van der Waals surface area contributed by atoms with E-state index in [1.807, 2.05) is 0 Å². The molecule has 0 saturated carbocycles. The smallest absolute Gasteiger partial charge is 0.0469 e. The van der Waals surface area contributed by atoms with E-state index in [-0.39, 0.29) is 0 Å². The number of nitrogens with one attached hydrogen (secondary N) is 1. The van der Waals surface area contributed by atoms with Crippen LogP contribution in [0.25, 0.3) is 21.8 Å². The van der Waals surface area contributed by atoms with Gasteiger partial charge in [0.05, 0.1) is 0 Å². The molecule has 0 fully saturated rings. The predicted octanol–water partition coefficient (Wildman–Crippen LogP) is 6.57. The first-order chi connectivity index (χ1) is 13.4. The van der Waals surface area contributed by atoms with Crippen LogP contribution < -0.4 is 4.90 Å². The zero-order valence-electron chi connectivity index (χ0n) is 15.5. The molecule has 0 amide bonds. The molecule has 134 valence electrons. The first kappa shape index (κ1) is 15.3. The summed E-state index contributed by atoms with van der Waals surface area (Å²) in [6.07, 6.45) is 17.8. The number of hydrogen-bond donors (Lipinski definition) is 1. The number of benzene rings is 2. The largest absolute Gasteiger partial charge is 0.354 e. The molecule has 1 aliphatic heterocycles. The zero-order chi connectivity index (χ0) is 17.8. The van der Waals surface area contributed by atoms with Crippen molar-refractivity contribution in [3.8, 4) is 0 Å². The van der Waals surface area contributed by atoms with Crippen molar-refractivity contribution in [2.75, 3.05) is 4.90 Å². The Labute approximate surface area is 159 Å². The van der Waals surface area contributed by atoms with E-state index in [2.05, 4.69) is 76.7 Å². The molecule has 6 rings (SSSR count). The van der Waals surface area contributed by atoms with Gasteiger partial charge in [0.15, 0.2) is 0 Å². The number of para-hydroxylation sites is 1. The molecule has 0 spiro atoms. The van der Waals surface area contributed by atoms with Crippen LogP contribution in [-0.2, 0) is 0 Å². The fourth-order valence-electron chi connectivity index (χ4n) is 5.44. The van der Waals surface area contributed by atoms with Crippen LogP contribution >= 0.6 is 0 Å². The highest BCUT2D eigenvalue weighted by Crippen LogP contribution is 2.51. The lowest BCUT2D eigenvalue weighted by molar-refractivity contribution is 0.534. The SMILES string of the molecule is C1=CC(N2c3ccc4[nH]c5ccccc5c4c3C3CC=CCC[C@@H]32)=CCC1. The van der Waals surface area contributed by atoms with Crippen molar-refractivity contribution < 1.29 is 0 Å². The van der Waals surface area contributed by atoms with Crippen molar-refractivity contribution in [2.24, 2.45) is 0 Å². The van der Waals surface area contributed by atoms with Crippen LogP contribution in [0.4, 0.5) is 5.69 Å². The standard InChI is InChI=1S/C25H24N2/c1-3-9-17(10-4-1)27-22-14-6-2-5-12-19(22)25-23(27)16-15-21-24(25)18-11-7-8-13-20(18)26-21/h2-3,5,7-11,13,15-16,19,22,26H,1,4,6,12,14H2/t19?,22-/m0/s1. The van der Waals surface area contributed by atoms with Crippen LogP contribution in [0.5, 0.6) is 0 Å². The van der Waals surface area contributed by atoms with Crippen LogP contribution in [0.3, 0.4) is 0 Å². The molecule has 2 heterocycles. The van der Waals surface area contributed by atoms with Crippen molar-refractivity contribution in [1.29, 1.82) is 0 Å². The van der Waals surface area contributed by atoms with Crippen molar-refractivity contribution in [3.63, 3.8) is 0 Å². The summed E-state index contributed by atoms with van der Waals surface area (Å²) in [6.45, 7) is 0. The lowest BCUT2D eigenvalue weighted by Gasteiger charge is -2.31. The van der Waals surface area contributed by atoms with E-state index in [1.165, 1.54) is 52.5 Å². The highest BCUT2D eigenvalue weighted by atomic mass is 15.2. The van der Waals surface area contributed by atoms with E-state index in [0.717, 1.165) is 12.8 Å². The maximum Gasteiger partial charge on any atom is 0.0469 e. The molecule has 0 bridgehead atoms. The van der Waals surface area contributed by atoms with Gasteiger partial charge in [-0.3, -0.25) is 0 Å². The number of hydrogen-bond acceptors (Lipinski definition) is 1. The molecule has 1 unspecified atom stereocenters. The van der Waals surface area contributed by atoms with Crippen LogP contribution in [0.15, 0.2) is 72.5 Å². The average molecular weight is 352 g/mol. The number of rotatable bonds is 1. The minimum absolute atomic E-state index is 0.559. The van der Waals surface area contributed by atoms with Crippen LogP contribution in [0, 0.1) is 0 Å². The second-order valence-electron chi connectivity index (χ2n) is 8.03. The molecular formula is C25H24N2. The quantitative estimate of drug-likeness (QED) is 0.491. The zero-order valence-corrected chi connectivity index (χ0v) is 15.5. The molecule has 2 atom stereocenters. The second kappa shape index (κ2) is 5.88. The number of H-pyrrole nitrogens is 1. The Balaban J connectivity index is 1.66. The van der Waals surface area contributed by atoms with Crippen molar-refractivity contribution >= 4 is 27.5 Å². The Kier molecular flexibility index (Phi) is 3.34. The van der Waals surface area contributed by atoms with Gasteiger partial charge in [-0.2, -0.15) is 0 Å². The minimum atomic E-state index is 0.559. The molecule has 2 aromatic carbocycles. The third-order valence-corrected chi connectivity index (χ3v) is 6.55. The van der Waals surface area contributed by atoms with Crippen molar-refractivity contribution in [3.05, 3.63) is 78.0 Å². The van der Waals surface area contributed by atoms with E-state index >= 15 is 0 Å². The molecule has 3 aromatic rings. The molecule has 2 nitrogen and oxygen atoms in total. The van der Waals surface area contributed by atoms with Crippen LogP contribution in [0.2, 0.25) is 0 Å². The topological polar surface area (TPSA) is 19.0 Å². The summed E-state index contributed by atoms with van der Waals surface area (Å²) in [4.78, 5) is 6.30. The van der Waals surface area contributed by atoms with Gasteiger partial charge in [0.1, 0.15) is 0 Å². The molecule has 3 aliphatic rings. The van der Waals surface area contributed by atoms with Crippen molar-refractivity contribution in [1.82, 2.24) is 4.98 Å². The lowest BCUT2D eigenvalue weighted by atomic mass is 9.88. The Bertz CT molecular complexity index is 1130. The summed E-state index contributed by atoms with van der Waals surface area (Å²) in [7, 11) is 0. The van der Waals surface area contributed by atoms with Crippen LogP contribution in [0.1, 0.15) is 43.6 Å². The van der Waals surface area contributed by atoms with E-state index < -0.39 is 0 Å². The van der Waals surface area contributed by atoms with Gasteiger partial charge in [0, 0.05) is 45.2 Å². The lowest BCUT2D eigenvalue weighted by Crippen LogP contribution is -2.32. The monoisotopic (exact) mass is 352 g/mol. The number of aromatic amines is 1. The Morgan fingerprint density at radius 1 is 0.889 bits per heavy atom. The summed E-state index contributed by atoms with van der Waals surface area (Å²) in [6, 6.07) is 14.0. The number of allylic oxidation sites excluding steroid dienone is 5. The summed E-state index contributed by atoms with van der Waals surface area (Å²) < 4.78 is 0. The van der Waals surface area contributed by atoms with E-state index in [4.69, 9.17) is 0 Å². The molecular weight excluding hydrogens is 328 g/mol. The maximum atomic E-state index is 3.65. The third-order valence-electron chi connectivity index (χ3n) is 6.55. The maximum absolute atomic E-state index is 3.65. The normalized spacial score (nSPS) is 24.1. The summed E-state index contributed by atoms with van der Waals surface area (Å²) in [5.41, 5.74) is 6.90. The minimum Gasteiger partial charge on any atom is -0.354 e. The van der Waals surface area contributed by atoms with Gasteiger partial charge in [-0.15, -0.1) is 0 Å². The van der Waals surface area contributed by atoms with E-state index in [9.17, 15) is 0 Å². The predicted molar refractivity (Wildman–Crippen MR) is 114 cm³/mol. The van der Waals surface area contributed by atoms with E-state index in [0.29, 0.717) is 12.0 Å². The molecule has 1 N–H and O–H groups in total. The summed E-state index contributed by atoms with van der Waals surface area (Å²) in [5, 5.41) is 2.81. The molecule has 2 aliphatic carbocycles. The van der Waals surface area contributed by atoms with Gasteiger partial charge in [-0.25, -0.2) is 0 Å². The van der Waals surface area contributed by atoms with Gasteiger partial charge in [0.2, 0.25) is 0 Å². The van der Waals surface area contributed by atoms with Crippen molar-refractivity contribution in [2.45, 2.75) is 44.1 Å². The fraction of sp³-hybridized carbons (Fsp3) is 0.280. The average Bonchev–Trinajstić information content (AvgIpc) is 3.13. The second-order valence-corrected chi connectivity index (χ2v) is 8.03. The van der Waals surface area contributed by atoms with Crippen LogP contribution in [-0.4, -0.2) is 11.0 Å². The molecule has 0 radical (unpaired) electrons. The summed E-state index contributed by atoms with van der Waals surface area (Å²) >= 11 is 0. The first-order valence-electron chi connectivity index (χ1n) is 10.3. The highest BCUT2D eigenvalue weighted by molar-refractivity contribution is 6.11. The van der Waals surface area contributed by atoms with Gasteiger partial charge < -0.3 is 9.88 Å². The fourth-order valence-corrected chi connectivity index (χ4v) is 5.44. The number of aromatic nitrogens is 1. The van der Waals surface area contributed by atoms with Gasteiger partial charge >= 0.3 is 0 Å². The number of nitrogens with zero attached hydrogens (tertiary/aromatic N) is 1. The van der Waals surface area contributed by atoms with Gasteiger partial charge in [-0.1, -0.05) is 42.5 Å².